The standard InChI is InChI=1S/C58H45B7N2/c59-49-46(50(60)54(64)57-47(49)48-51(61)52(62)53(63)55(65)58(48)67(57)41-18-9-17-37(30-41)32-11-3-1-4-12-32)39-25-28-45-44(31-39)43-20-10-19-42(35-14-5-2-6-15-35)56(43)66(45)40-26-23-34(24-27-40)38-22-21-33-13-7-8-16-36(33)29-38/h1-31H,59-65H2. The number of benzene rings is 10. The molecule has 0 saturated carbocycles. The van der Waals surface area contributed by atoms with Crippen LogP contribution in [0.2, 0.25) is 0 Å². The molecule has 12 aromatic rings. The molecule has 0 spiro atoms. The van der Waals surface area contributed by atoms with Gasteiger partial charge in [-0.15, -0.1) is 5.46 Å². The largest absolute Gasteiger partial charge is 0.310 e. The highest BCUT2D eigenvalue weighted by atomic mass is 15.0. The van der Waals surface area contributed by atoms with Crippen LogP contribution in [0, 0.1) is 0 Å². The molecule has 9 heteroatoms. The maximum absolute atomic E-state index is 2.58. The van der Waals surface area contributed by atoms with Crippen molar-refractivity contribution in [2.75, 3.05) is 0 Å². The monoisotopic (exact) mass is 846 g/mol. The van der Waals surface area contributed by atoms with E-state index in [0.717, 1.165) is 5.69 Å². The molecular formula is C58H45B7N2. The van der Waals surface area contributed by atoms with Gasteiger partial charge in [-0.1, -0.05) is 178 Å². The van der Waals surface area contributed by atoms with Gasteiger partial charge >= 0.3 is 0 Å². The molecule has 0 radical (unpaired) electrons. The van der Waals surface area contributed by atoms with E-state index in [1.807, 2.05) is 0 Å². The summed E-state index contributed by atoms with van der Waals surface area (Å²) in [7, 11) is 16.3. The van der Waals surface area contributed by atoms with E-state index in [0.29, 0.717) is 0 Å². The Morgan fingerprint density at radius 3 is 1.60 bits per heavy atom. The lowest BCUT2D eigenvalue weighted by atomic mass is 9.64. The third kappa shape index (κ3) is 6.35. The fraction of sp³-hybridized carbons (Fsp3) is 0. The normalized spacial score (nSPS) is 11.7. The second kappa shape index (κ2) is 15.8. The minimum Gasteiger partial charge on any atom is -0.310 e. The summed E-state index contributed by atoms with van der Waals surface area (Å²) in [6, 6.07) is 69.3. The van der Waals surface area contributed by atoms with Crippen LogP contribution >= 0.6 is 0 Å². The molecule has 2 heterocycles. The van der Waals surface area contributed by atoms with E-state index in [1.54, 1.807) is 0 Å². The van der Waals surface area contributed by atoms with Crippen LogP contribution in [0.25, 0.3) is 110 Å². The summed E-state index contributed by atoms with van der Waals surface area (Å²) in [5.41, 5.74) is 26.6. The maximum Gasteiger partial charge on any atom is 0.141 e. The molecule has 12 rings (SSSR count). The van der Waals surface area contributed by atoms with E-state index >= 15 is 0 Å². The lowest BCUT2D eigenvalue weighted by Crippen LogP contribution is -2.48. The molecule has 0 aliphatic rings. The Balaban J connectivity index is 1.09. The summed E-state index contributed by atoms with van der Waals surface area (Å²) >= 11 is 0. The molecule has 0 aliphatic heterocycles. The second-order valence-corrected chi connectivity index (χ2v) is 18.7. The maximum atomic E-state index is 2.58. The van der Waals surface area contributed by atoms with Crippen molar-refractivity contribution in [2.24, 2.45) is 0 Å². The number of rotatable bonds is 6. The zero-order chi connectivity index (χ0) is 45.7. The first-order valence-corrected chi connectivity index (χ1v) is 23.6. The van der Waals surface area contributed by atoms with Crippen molar-refractivity contribution in [3.63, 3.8) is 0 Å². The molecule has 0 saturated heterocycles. The highest BCUT2D eigenvalue weighted by molar-refractivity contribution is 6.69. The van der Waals surface area contributed by atoms with Gasteiger partial charge in [0.1, 0.15) is 54.9 Å². The number of aromatic nitrogens is 2. The van der Waals surface area contributed by atoms with E-state index < -0.39 is 0 Å². The number of nitrogens with zero attached hydrogens (tertiary/aromatic N) is 2. The van der Waals surface area contributed by atoms with Crippen LogP contribution in [0.1, 0.15) is 0 Å². The molecular weight excluding hydrogens is 800 g/mol. The summed E-state index contributed by atoms with van der Waals surface area (Å²) in [5.74, 6) is 0. The molecule has 10 aromatic carbocycles. The van der Waals surface area contributed by atoms with Crippen LogP contribution in [0.5, 0.6) is 0 Å². The molecule has 0 bridgehead atoms. The van der Waals surface area contributed by atoms with E-state index in [4.69, 9.17) is 0 Å². The minimum absolute atomic E-state index is 1.14. The topological polar surface area (TPSA) is 9.86 Å². The van der Waals surface area contributed by atoms with Crippen molar-refractivity contribution < 1.29 is 0 Å². The van der Waals surface area contributed by atoms with Crippen LogP contribution in [0.3, 0.4) is 0 Å². The second-order valence-electron chi connectivity index (χ2n) is 18.7. The predicted octanol–water partition coefficient (Wildman–Crippen LogP) is 3.51. The molecule has 67 heavy (non-hydrogen) atoms. The van der Waals surface area contributed by atoms with Crippen LogP contribution in [0.4, 0.5) is 0 Å². The highest BCUT2D eigenvalue weighted by Crippen LogP contribution is 2.40. The molecule has 0 atom stereocenters. The Bertz CT molecular complexity index is 3990. The predicted molar refractivity (Wildman–Crippen MR) is 312 cm³/mol. The van der Waals surface area contributed by atoms with Crippen molar-refractivity contribution in [3.8, 4) is 55.9 Å². The molecule has 0 N–H and O–H groups in total. The summed E-state index contributed by atoms with van der Waals surface area (Å²) in [4.78, 5) is 0. The molecule has 0 amide bonds. The van der Waals surface area contributed by atoms with E-state index in [1.165, 1.54) is 143 Å². The number of hydrogen-bond donors (Lipinski definition) is 0. The molecule has 2 aromatic heterocycles. The van der Waals surface area contributed by atoms with Gasteiger partial charge in [0.05, 0.1) is 11.0 Å². The Labute approximate surface area is 398 Å². The van der Waals surface area contributed by atoms with Gasteiger partial charge in [0.25, 0.3) is 0 Å². The zero-order valence-electron chi connectivity index (χ0n) is 39.3. The quantitative estimate of drug-likeness (QED) is 0.227. The van der Waals surface area contributed by atoms with Gasteiger partial charge in [-0.05, 0) is 97.6 Å². The van der Waals surface area contributed by atoms with Gasteiger partial charge in [0.15, 0.2) is 0 Å². The van der Waals surface area contributed by atoms with Crippen LogP contribution in [0.15, 0.2) is 188 Å². The zero-order valence-corrected chi connectivity index (χ0v) is 39.3. The van der Waals surface area contributed by atoms with Crippen molar-refractivity contribution in [1.82, 2.24) is 9.13 Å². The third-order valence-corrected chi connectivity index (χ3v) is 15.2. The lowest BCUT2D eigenvalue weighted by Gasteiger charge is -2.19. The summed E-state index contributed by atoms with van der Waals surface area (Å²) in [5, 5.41) is 7.72. The molecule has 0 aliphatic carbocycles. The average Bonchev–Trinajstić information content (AvgIpc) is 3.92. The third-order valence-electron chi connectivity index (χ3n) is 15.2. The summed E-state index contributed by atoms with van der Waals surface area (Å²) < 4.78 is 5.07. The number of fused-ring (bicyclic) bond motifs is 7. The summed E-state index contributed by atoms with van der Waals surface area (Å²) in [6.07, 6.45) is 0. The molecule has 2 nitrogen and oxygen atoms in total. The first-order chi connectivity index (χ1) is 32.7. The van der Waals surface area contributed by atoms with Gasteiger partial charge in [0, 0.05) is 44.1 Å². The summed E-state index contributed by atoms with van der Waals surface area (Å²) in [6.45, 7) is 0. The Hall–Kier alpha value is -7.49. The number of hydrogen-bond acceptors (Lipinski definition) is 0. The lowest BCUT2D eigenvalue weighted by molar-refractivity contribution is 1.18. The highest BCUT2D eigenvalue weighted by Gasteiger charge is 2.26. The molecule has 0 fully saturated rings. The van der Waals surface area contributed by atoms with E-state index in [-0.39, 0.29) is 0 Å². The van der Waals surface area contributed by atoms with Crippen LogP contribution in [-0.4, -0.2) is 64.1 Å². The van der Waals surface area contributed by atoms with Crippen LogP contribution < -0.4 is 38.2 Å². The van der Waals surface area contributed by atoms with Gasteiger partial charge in [-0.25, -0.2) is 0 Å². The fourth-order valence-corrected chi connectivity index (χ4v) is 11.4. The van der Waals surface area contributed by atoms with Gasteiger partial charge in [-0.2, -0.15) is 0 Å². The van der Waals surface area contributed by atoms with Crippen molar-refractivity contribution in [2.45, 2.75) is 0 Å². The Kier molecular flexibility index (Phi) is 9.69. The van der Waals surface area contributed by atoms with Crippen molar-refractivity contribution in [1.29, 1.82) is 0 Å². The van der Waals surface area contributed by atoms with Gasteiger partial charge < -0.3 is 9.13 Å². The van der Waals surface area contributed by atoms with E-state index in [2.05, 4.69) is 252 Å². The molecule has 308 valence electrons. The SMILES string of the molecule is Bc1c(B)c(B)c2c(c1B)c1c(B)c(-c3ccc4c(c3)c3cccc(-c5ccccc5)c3n4-c3ccc(-c4ccc5ccccc5c4)cc3)c(B)c(B)c1n2-c1cccc(-c2ccccc2)c1. The average molecular weight is 846 g/mol. The van der Waals surface area contributed by atoms with Crippen molar-refractivity contribution in [3.05, 3.63) is 188 Å². The van der Waals surface area contributed by atoms with Gasteiger partial charge in [-0.3, -0.25) is 0 Å². The van der Waals surface area contributed by atoms with Gasteiger partial charge in [0.2, 0.25) is 0 Å². The van der Waals surface area contributed by atoms with E-state index in [9.17, 15) is 0 Å². The Morgan fingerprint density at radius 2 is 0.851 bits per heavy atom. The molecule has 0 unspecified atom stereocenters. The first kappa shape index (κ1) is 41.0. The minimum atomic E-state index is 1.14. The number of para-hydroxylation sites is 1. The van der Waals surface area contributed by atoms with Crippen molar-refractivity contribution >= 4 is 148 Å². The van der Waals surface area contributed by atoms with Crippen LogP contribution in [-0.2, 0) is 0 Å². The smallest absolute Gasteiger partial charge is 0.141 e. The Morgan fingerprint density at radius 1 is 0.284 bits per heavy atom. The first-order valence-electron chi connectivity index (χ1n) is 23.6. The fourth-order valence-electron chi connectivity index (χ4n) is 11.4.